The highest BCUT2D eigenvalue weighted by Crippen LogP contribution is 2.31. The maximum Gasteiger partial charge on any atom is 0.336 e. The fraction of sp³-hybridized carbons (Fsp3) is 0.320. The number of para-hydroxylation sites is 2. The molecule has 0 fully saturated rings. The number of carbonyl (C=O) groups is 2. The van der Waals surface area contributed by atoms with Gasteiger partial charge < -0.3 is 18.8 Å². The molecule has 0 saturated carbocycles. The molecule has 1 amide bonds. The molecule has 0 bridgehead atoms. The molecule has 3 aromatic rings. The number of hydrogen-bond donors (Lipinski definition) is 0. The number of carbonyl (C=O) groups excluding carboxylic acids is 2. The van der Waals surface area contributed by atoms with Gasteiger partial charge in [-0.2, -0.15) is 0 Å². The molecule has 2 heterocycles. The van der Waals surface area contributed by atoms with Crippen molar-refractivity contribution in [3.63, 3.8) is 0 Å². The molecule has 0 aliphatic carbocycles. The Morgan fingerprint density at radius 2 is 1.94 bits per heavy atom. The van der Waals surface area contributed by atoms with Gasteiger partial charge in [0.25, 0.3) is 5.91 Å². The summed E-state index contributed by atoms with van der Waals surface area (Å²) in [5.41, 5.74) is 3.40. The van der Waals surface area contributed by atoms with Gasteiger partial charge in [-0.15, -0.1) is 0 Å². The SMILES string of the molecule is Cc1cc2oc(=O)cc(COC(=O)CCN3C(=O)COc4ccccc43)c2cc1C(C)C. The van der Waals surface area contributed by atoms with E-state index in [4.69, 9.17) is 13.9 Å². The summed E-state index contributed by atoms with van der Waals surface area (Å²) in [6, 6.07) is 12.4. The Morgan fingerprint density at radius 3 is 2.72 bits per heavy atom. The summed E-state index contributed by atoms with van der Waals surface area (Å²) in [7, 11) is 0. The second-order valence-electron chi connectivity index (χ2n) is 8.16. The van der Waals surface area contributed by atoms with Crippen molar-refractivity contribution in [2.75, 3.05) is 18.1 Å². The van der Waals surface area contributed by atoms with Crippen molar-refractivity contribution < 1.29 is 23.5 Å². The quantitative estimate of drug-likeness (QED) is 0.428. The van der Waals surface area contributed by atoms with Gasteiger partial charge in [-0.25, -0.2) is 4.79 Å². The second kappa shape index (κ2) is 8.86. The van der Waals surface area contributed by atoms with Crippen molar-refractivity contribution in [3.8, 4) is 5.75 Å². The van der Waals surface area contributed by atoms with Gasteiger partial charge in [0.05, 0.1) is 12.1 Å². The molecule has 0 atom stereocenters. The lowest BCUT2D eigenvalue weighted by Crippen LogP contribution is -2.40. The number of fused-ring (bicyclic) bond motifs is 2. The first-order chi connectivity index (χ1) is 15.3. The molecular formula is C25H25NO6. The van der Waals surface area contributed by atoms with Crippen LogP contribution in [0, 0.1) is 6.92 Å². The number of ether oxygens (including phenoxy) is 2. The Balaban J connectivity index is 1.47. The fourth-order valence-electron chi connectivity index (χ4n) is 3.97. The molecule has 7 heteroatoms. The third kappa shape index (κ3) is 4.37. The molecule has 166 valence electrons. The van der Waals surface area contributed by atoms with Gasteiger partial charge in [0.1, 0.15) is 17.9 Å². The van der Waals surface area contributed by atoms with Crippen LogP contribution in [0.5, 0.6) is 5.75 Å². The van der Waals surface area contributed by atoms with Gasteiger partial charge in [0.2, 0.25) is 0 Å². The lowest BCUT2D eigenvalue weighted by atomic mass is 9.95. The minimum atomic E-state index is -0.490. The van der Waals surface area contributed by atoms with Crippen LogP contribution in [0.4, 0.5) is 5.69 Å². The Morgan fingerprint density at radius 1 is 1.16 bits per heavy atom. The smallest absolute Gasteiger partial charge is 0.336 e. The van der Waals surface area contributed by atoms with Crippen LogP contribution in [-0.4, -0.2) is 25.0 Å². The minimum absolute atomic E-state index is 0.0236. The zero-order chi connectivity index (χ0) is 22.8. The van der Waals surface area contributed by atoms with Crippen LogP contribution in [0.3, 0.4) is 0 Å². The summed E-state index contributed by atoms with van der Waals surface area (Å²) in [5.74, 6) is 0.244. The highest BCUT2D eigenvalue weighted by Gasteiger charge is 2.25. The van der Waals surface area contributed by atoms with E-state index < -0.39 is 11.6 Å². The van der Waals surface area contributed by atoms with Crippen molar-refractivity contribution in [1.29, 1.82) is 0 Å². The molecule has 0 spiro atoms. The predicted octanol–water partition coefficient (Wildman–Crippen LogP) is 4.08. The molecule has 7 nitrogen and oxygen atoms in total. The minimum Gasteiger partial charge on any atom is -0.482 e. The van der Waals surface area contributed by atoms with Crippen LogP contribution < -0.4 is 15.3 Å². The Labute approximate surface area is 185 Å². The summed E-state index contributed by atoms with van der Waals surface area (Å²) in [6.07, 6.45) is 0.0236. The number of nitrogens with zero attached hydrogens (tertiary/aromatic N) is 1. The van der Waals surface area contributed by atoms with Gasteiger partial charge in [-0.1, -0.05) is 26.0 Å². The van der Waals surface area contributed by atoms with Crippen molar-refractivity contribution in [3.05, 3.63) is 69.6 Å². The standard InChI is InChI=1S/C25H25NO6/c1-15(2)18-12-19-17(11-25(29)32-22(19)10-16(18)3)13-31-24(28)8-9-26-20-6-4-5-7-21(20)30-14-23(26)27/h4-7,10-12,15H,8-9,13-14H2,1-3H3. The molecule has 32 heavy (non-hydrogen) atoms. The average Bonchev–Trinajstić information content (AvgIpc) is 2.76. The number of aryl methyl sites for hydroxylation is 1. The van der Waals surface area contributed by atoms with E-state index >= 15 is 0 Å². The van der Waals surface area contributed by atoms with Crippen molar-refractivity contribution >= 4 is 28.5 Å². The molecule has 0 radical (unpaired) electrons. The average molecular weight is 435 g/mol. The molecule has 0 N–H and O–H groups in total. The third-order valence-electron chi connectivity index (χ3n) is 5.58. The van der Waals surface area contributed by atoms with E-state index in [0.29, 0.717) is 28.5 Å². The molecule has 1 aliphatic rings. The largest absolute Gasteiger partial charge is 0.482 e. The van der Waals surface area contributed by atoms with Gasteiger partial charge in [0, 0.05) is 23.6 Å². The van der Waals surface area contributed by atoms with Crippen molar-refractivity contribution in [2.24, 2.45) is 0 Å². The van der Waals surface area contributed by atoms with Gasteiger partial charge in [0.15, 0.2) is 6.61 Å². The fourth-order valence-corrected chi connectivity index (χ4v) is 3.97. The van der Waals surface area contributed by atoms with Crippen LogP contribution in [0.1, 0.15) is 42.9 Å². The van der Waals surface area contributed by atoms with E-state index in [1.54, 1.807) is 12.1 Å². The summed E-state index contributed by atoms with van der Waals surface area (Å²) in [4.78, 5) is 38.2. The highest BCUT2D eigenvalue weighted by molar-refractivity contribution is 5.98. The zero-order valence-corrected chi connectivity index (χ0v) is 18.3. The van der Waals surface area contributed by atoms with Crippen LogP contribution in [0.2, 0.25) is 0 Å². The first kappa shape index (κ1) is 21.6. The van der Waals surface area contributed by atoms with E-state index in [0.717, 1.165) is 16.5 Å². The van der Waals surface area contributed by atoms with Gasteiger partial charge in [-0.05, 0) is 48.2 Å². The molecule has 0 unspecified atom stereocenters. The predicted molar refractivity (Wildman–Crippen MR) is 120 cm³/mol. The lowest BCUT2D eigenvalue weighted by molar-refractivity contribution is -0.144. The molecule has 4 rings (SSSR count). The summed E-state index contributed by atoms with van der Waals surface area (Å²) in [6.45, 7) is 6.25. The van der Waals surface area contributed by atoms with E-state index in [1.807, 2.05) is 31.2 Å². The number of rotatable bonds is 6. The summed E-state index contributed by atoms with van der Waals surface area (Å²) in [5, 5.41) is 0.754. The normalized spacial score (nSPS) is 13.2. The van der Waals surface area contributed by atoms with Gasteiger partial charge >= 0.3 is 11.6 Å². The van der Waals surface area contributed by atoms with E-state index in [9.17, 15) is 14.4 Å². The van der Waals surface area contributed by atoms with Gasteiger partial charge in [-0.3, -0.25) is 9.59 Å². The number of anilines is 1. The van der Waals surface area contributed by atoms with Crippen LogP contribution in [-0.2, 0) is 20.9 Å². The maximum absolute atomic E-state index is 12.4. The first-order valence-electron chi connectivity index (χ1n) is 10.6. The number of amides is 1. The molecular weight excluding hydrogens is 410 g/mol. The molecule has 2 aromatic carbocycles. The number of benzene rings is 2. The molecule has 1 aliphatic heterocycles. The van der Waals surface area contributed by atoms with Crippen molar-refractivity contribution in [2.45, 2.75) is 39.7 Å². The van der Waals surface area contributed by atoms with Crippen LogP contribution in [0.25, 0.3) is 11.0 Å². The second-order valence-corrected chi connectivity index (χ2v) is 8.16. The van der Waals surface area contributed by atoms with Crippen molar-refractivity contribution in [1.82, 2.24) is 0 Å². The molecule has 1 aromatic heterocycles. The first-order valence-corrected chi connectivity index (χ1v) is 10.6. The highest BCUT2D eigenvalue weighted by atomic mass is 16.5. The van der Waals surface area contributed by atoms with E-state index in [1.165, 1.54) is 11.0 Å². The Hall–Kier alpha value is -3.61. The summed E-state index contributed by atoms with van der Waals surface area (Å²) < 4.78 is 16.2. The monoisotopic (exact) mass is 435 g/mol. The topological polar surface area (TPSA) is 86.0 Å². The Bertz CT molecular complexity index is 1240. The van der Waals surface area contributed by atoms with Crippen LogP contribution in [0.15, 0.2) is 51.7 Å². The van der Waals surface area contributed by atoms with E-state index in [2.05, 4.69) is 13.8 Å². The number of esters is 1. The van der Waals surface area contributed by atoms with Crippen LogP contribution >= 0.6 is 0 Å². The molecule has 0 saturated heterocycles. The summed E-state index contributed by atoms with van der Waals surface area (Å²) >= 11 is 0. The number of hydrogen-bond acceptors (Lipinski definition) is 6. The zero-order valence-electron chi connectivity index (χ0n) is 18.3. The third-order valence-corrected chi connectivity index (χ3v) is 5.58. The Kier molecular flexibility index (Phi) is 5.99. The lowest BCUT2D eigenvalue weighted by Gasteiger charge is -2.28. The van der Waals surface area contributed by atoms with E-state index in [-0.39, 0.29) is 32.1 Å². The maximum atomic E-state index is 12.4.